The van der Waals surface area contributed by atoms with E-state index in [-0.39, 0.29) is 12.4 Å². The van der Waals surface area contributed by atoms with Gasteiger partial charge in [-0.3, -0.25) is 4.79 Å². The van der Waals surface area contributed by atoms with Gasteiger partial charge in [0.25, 0.3) is 5.91 Å². The van der Waals surface area contributed by atoms with Gasteiger partial charge in [0.15, 0.2) is 6.61 Å². The number of nitrogens with one attached hydrogen (secondary N) is 1. The number of benzene rings is 2. The monoisotopic (exact) mass is 320 g/mol. The number of hydrogen-bond acceptors (Lipinski definition) is 3. The van der Waals surface area contributed by atoms with Gasteiger partial charge in [0.05, 0.1) is 6.21 Å². The van der Waals surface area contributed by atoms with Crippen molar-refractivity contribution in [3.05, 3.63) is 64.4 Å². The molecule has 2 aromatic rings. The Morgan fingerprint density at radius 3 is 2.73 bits per heavy atom. The number of nitrogens with zero attached hydrogens (tertiary/aromatic N) is 1. The van der Waals surface area contributed by atoms with Crippen LogP contribution in [0.15, 0.2) is 47.6 Å². The molecule has 1 amide bonds. The van der Waals surface area contributed by atoms with Crippen molar-refractivity contribution in [1.29, 1.82) is 0 Å². The van der Waals surface area contributed by atoms with E-state index in [1.54, 1.807) is 30.3 Å². The molecule has 1 N–H and O–H groups in total. The summed E-state index contributed by atoms with van der Waals surface area (Å²) in [4.78, 5) is 11.6. The first-order valence-electron chi connectivity index (χ1n) is 6.51. The molecule has 0 aliphatic heterocycles. The summed E-state index contributed by atoms with van der Waals surface area (Å²) in [5, 5.41) is 4.38. The Kier molecular flexibility index (Phi) is 5.49. The minimum atomic E-state index is -0.396. The van der Waals surface area contributed by atoms with Crippen molar-refractivity contribution in [2.24, 2.45) is 5.10 Å². The highest BCUT2D eigenvalue weighted by atomic mass is 35.5. The normalized spacial score (nSPS) is 10.7. The maximum atomic E-state index is 12.7. The number of aryl methyl sites for hydroxylation is 1. The fourth-order valence-electron chi connectivity index (χ4n) is 1.68. The highest BCUT2D eigenvalue weighted by Gasteiger charge is 2.04. The second kappa shape index (κ2) is 7.56. The number of rotatable bonds is 5. The second-order valence-corrected chi connectivity index (χ2v) is 4.98. The summed E-state index contributed by atoms with van der Waals surface area (Å²) in [5.41, 5.74) is 3.85. The fraction of sp³-hybridized carbons (Fsp3) is 0.125. The van der Waals surface area contributed by atoms with Crippen LogP contribution in [0.3, 0.4) is 0 Å². The molecule has 0 spiro atoms. The molecule has 0 aromatic heterocycles. The van der Waals surface area contributed by atoms with Crippen LogP contribution in [0.2, 0.25) is 5.02 Å². The maximum Gasteiger partial charge on any atom is 0.277 e. The minimum Gasteiger partial charge on any atom is -0.483 e. The summed E-state index contributed by atoms with van der Waals surface area (Å²) in [7, 11) is 0. The quantitative estimate of drug-likeness (QED) is 0.678. The molecule has 0 radical (unpaired) electrons. The van der Waals surface area contributed by atoms with E-state index < -0.39 is 5.91 Å². The molecular weight excluding hydrogens is 307 g/mol. The zero-order chi connectivity index (χ0) is 15.9. The number of hydrazone groups is 1. The molecule has 4 nitrogen and oxygen atoms in total. The molecule has 2 aromatic carbocycles. The number of carbonyl (C=O) groups excluding carboxylic acids is 1. The van der Waals surface area contributed by atoms with Crippen molar-refractivity contribution in [2.75, 3.05) is 6.61 Å². The fourth-order valence-corrected chi connectivity index (χ4v) is 1.90. The highest BCUT2D eigenvalue weighted by molar-refractivity contribution is 6.30. The van der Waals surface area contributed by atoms with Crippen LogP contribution < -0.4 is 10.2 Å². The lowest BCUT2D eigenvalue weighted by Gasteiger charge is -2.08. The van der Waals surface area contributed by atoms with Crippen LogP contribution in [0, 0.1) is 12.7 Å². The molecule has 0 fully saturated rings. The Morgan fingerprint density at radius 2 is 2.05 bits per heavy atom. The van der Waals surface area contributed by atoms with E-state index in [2.05, 4.69) is 10.5 Å². The summed E-state index contributed by atoms with van der Waals surface area (Å²) in [6.07, 6.45) is 1.42. The van der Waals surface area contributed by atoms with E-state index in [4.69, 9.17) is 16.3 Å². The van der Waals surface area contributed by atoms with Gasteiger partial charge in [0.2, 0.25) is 0 Å². The van der Waals surface area contributed by atoms with E-state index in [0.29, 0.717) is 16.3 Å². The third-order valence-corrected chi connectivity index (χ3v) is 3.00. The number of ether oxygens (including phenoxy) is 1. The Labute approximate surface area is 132 Å². The highest BCUT2D eigenvalue weighted by Crippen LogP contribution is 2.21. The van der Waals surface area contributed by atoms with Gasteiger partial charge < -0.3 is 4.74 Å². The van der Waals surface area contributed by atoms with Crippen LogP contribution >= 0.6 is 11.6 Å². The molecule has 0 aliphatic carbocycles. The molecule has 0 saturated heterocycles. The third kappa shape index (κ3) is 4.86. The van der Waals surface area contributed by atoms with Crippen LogP contribution in [0.5, 0.6) is 5.75 Å². The van der Waals surface area contributed by atoms with E-state index in [9.17, 15) is 9.18 Å². The van der Waals surface area contributed by atoms with Crippen molar-refractivity contribution in [3.63, 3.8) is 0 Å². The molecule has 0 unspecified atom stereocenters. The van der Waals surface area contributed by atoms with Gasteiger partial charge in [-0.05, 0) is 48.4 Å². The van der Waals surface area contributed by atoms with Gasteiger partial charge in [0.1, 0.15) is 11.6 Å². The van der Waals surface area contributed by atoms with Gasteiger partial charge in [-0.2, -0.15) is 5.10 Å². The van der Waals surface area contributed by atoms with Crippen LogP contribution in [0.4, 0.5) is 4.39 Å². The molecular formula is C16H14ClFN2O2. The minimum absolute atomic E-state index is 0.163. The molecule has 114 valence electrons. The SMILES string of the molecule is Cc1cc(Cl)ccc1OCC(=O)NN=Cc1ccc(F)cc1. The standard InChI is InChI=1S/C16H14ClFN2O2/c1-11-8-13(17)4-7-15(11)22-10-16(21)20-19-9-12-2-5-14(18)6-3-12/h2-9H,10H2,1H3,(H,20,21). The molecule has 0 atom stereocenters. The molecule has 0 heterocycles. The Hall–Kier alpha value is -2.40. The van der Waals surface area contributed by atoms with E-state index in [0.717, 1.165) is 5.56 Å². The average molecular weight is 321 g/mol. The second-order valence-electron chi connectivity index (χ2n) is 4.54. The van der Waals surface area contributed by atoms with Crippen molar-refractivity contribution in [1.82, 2.24) is 5.43 Å². The molecule has 22 heavy (non-hydrogen) atoms. The van der Waals surface area contributed by atoms with Gasteiger partial charge in [-0.1, -0.05) is 23.7 Å². The Bertz CT molecular complexity index is 687. The van der Waals surface area contributed by atoms with E-state index >= 15 is 0 Å². The molecule has 0 aliphatic rings. The predicted octanol–water partition coefficient (Wildman–Crippen LogP) is 3.32. The molecule has 0 saturated carbocycles. The van der Waals surface area contributed by atoms with Gasteiger partial charge in [-0.25, -0.2) is 9.82 Å². The van der Waals surface area contributed by atoms with Crippen LogP contribution in [0.1, 0.15) is 11.1 Å². The zero-order valence-corrected chi connectivity index (χ0v) is 12.6. The largest absolute Gasteiger partial charge is 0.483 e. The van der Waals surface area contributed by atoms with E-state index in [1.807, 2.05) is 6.92 Å². The van der Waals surface area contributed by atoms with Gasteiger partial charge in [-0.15, -0.1) is 0 Å². The predicted molar refractivity (Wildman–Crippen MR) is 83.8 cm³/mol. The first-order valence-corrected chi connectivity index (χ1v) is 6.89. The van der Waals surface area contributed by atoms with Gasteiger partial charge >= 0.3 is 0 Å². The first kappa shape index (κ1) is 16.0. The Balaban J connectivity index is 1.81. The van der Waals surface area contributed by atoms with Crippen LogP contribution in [-0.2, 0) is 4.79 Å². The molecule has 2 rings (SSSR count). The summed E-state index contributed by atoms with van der Waals surface area (Å²) < 4.78 is 18.1. The maximum absolute atomic E-state index is 12.7. The number of hydrogen-bond donors (Lipinski definition) is 1. The lowest BCUT2D eigenvalue weighted by atomic mass is 10.2. The number of amides is 1. The van der Waals surface area contributed by atoms with Crippen molar-refractivity contribution < 1.29 is 13.9 Å². The first-order chi connectivity index (χ1) is 10.5. The number of carbonyl (C=O) groups is 1. The average Bonchev–Trinajstić information content (AvgIpc) is 2.48. The lowest BCUT2D eigenvalue weighted by Crippen LogP contribution is -2.24. The topological polar surface area (TPSA) is 50.7 Å². The van der Waals surface area contributed by atoms with E-state index in [1.165, 1.54) is 18.3 Å². The van der Waals surface area contributed by atoms with Crippen molar-refractivity contribution in [3.8, 4) is 5.75 Å². The van der Waals surface area contributed by atoms with Crippen LogP contribution in [0.25, 0.3) is 0 Å². The summed E-state index contributed by atoms with van der Waals surface area (Å²) >= 11 is 5.84. The summed E-state index contributed by atoms with van der Waals surface area (Å²) in [6.45, 7) is 1.68. The molecule has 6 heteroatoms. The third-order valence-electron chi connectivity index (χ3n) is 2.77. The molecule has 0 bridgehead atoms. The van der Waals surface area contributed by atoms with Crippen LogP contribution in [-0.4, -0.2) is 18.7 Å². The van der Waals surface area contributed by atoms with Crippen molar-refractivity contribution in [2.45, 2.75) is 6.92 Å². The summed E-state index contributed by atoms with van der Waals surface area (Å²) in [5.74, 6) is -0.136. The number of halogens is 2. The smallest absolute Gasteiger partial charge is 0.277 e. The Morgan fingerprint density at radius 1 is 1.32 bits per heavy atom. The lowest BCUT2D eigenvalue weighted by molar-refractivity contribution is -0.123. The van der Waals surface area contributed by atoms with Gasteiger partial charge in [0, 0.05) is 5.02 Å². The summed E-state index contributed by atoms with van der Waals surface area (Å²) in [6, 6.07) is 10.9. The van der Waals surface area contributed by atoms with Crippen molar-refractivity contribution >= 4 is 23.7 Å². The zero-order valence-electron chi connectivity index (χ0n) is 11.8.